The third-order valence-corrected chi connectivity index (χ3v) is 7.48. The molecule has 1 aromatic rings. The van der Waals surface area contributed by atoms with Crippen molar-refractivity contribution in [2.24, 2.45) is 0 Å². The van der Waals surface area contributed by atoms with Gasteiger partial charge in [0, 0.05) is 11.8 Å². The van der Waals surface area contributed by atoms with E-state index >= 15 is 0 Å². The van der Waals surface area contributed by atoms with Gasteiger partial charge in [-0.15, -0.1) is 0 Å². The highest BCUT2D eigenvalue weighted by molar-refractivity contribution is 7.66. The lowest BCUT2D eigenvalue weighted by molar-refractivity contribution is -0.438. The van der Waals surface area contributed by atoms with Gasteiger partial charge in [-0.05, 0) is 6.92 Å². The number of hydrogen-bond donors (Lipinski definition) is 7. The number of nitrogens with one attached hydrogen (secondary N) is 1. The molecule has 1 aliphatic heterocycles. The molecule has 0 radical (unpaired) electrons. The molecular formula is C10H17N2O16P3. The predicted molar refractivity (Wildman–Crippen MR) is 93.1 cm³/mol. The van der Waals surface area contributed by atoms with Gasteiger partial charge in [0.2, 0.25) is 0 Å². The molecule has 0 amide bonds. The fraction of sp³-hybridized carbons (Fsp3) is 0.600. The number of rotatable bonds is 9. The number of phosphoric acid groups is 3. The maximum atomic E-state index is 12.0. The van der Waals surface area contributed by atoms with Crippen LogP contribution in [0.25, 0.3) is 0 Å². The number of H-pyrrole nitrogens is 1. The lowest BCUT2D eigenvalue weighted by atomic mass is 10.1. The van der Waals surface area contributed by atoms with Gasteiger partial charge in [-0.25, -0.2) is 28.3 Å². The summed E-state index contributed by atoms with van der Waals surface area (Å²) in [7, 11) is -16.9. The van der Waals surface area contributed by atoms with Crippen LogP contribution < -0.4 is 11.2 Å². The van der Waals surface area contributed by atoms with Crippen LogP contribution in [0.5, 0.6) is 0 Å². The van der Waals surface area contributed by atoms with Crippen molar-refractivity contribution in [2.75, 3.05) is 6.61 Å². The van der Waals surface area contributed by atoms with Gasteiger partial charge >= 0.3 is 29.2 Å². The summed E-state index contributed by atoms with van der Waals surface area (Å²) in [5.41, 5.74) is -1.87. The molecular weight excluding hydrogens is 497 g/mol. The lowest BCUT2D eigenvalue weighted by Gasteiger charge is -2.27. The summed E-state index contributed by atoms with van der Waals surface area (Å²) in [5.74, 6) is -2.39. The van der Waals surface area contributed by atoms with Gasteiger partial charge in [-0.2, -0.15) is 13.5 Å². The Bertz CT molecular complexity index is 1080. The molecule has 0 aromatic carbocycles. The van der Waals surface area contributed by atoms with Gasteiger partial charge in [0.15, 0.2) is 0 Å². The highest BCUT2D eigenvalue weighted by Gasteiger charge is 2.51. The SMILES string of the molecule is Cc1cn([C@@]2(OO)C[C@H](O)[C@@H](COP(=O)(O)OP(=O)(O)OP(=O)(O)O)O2)c(=O)[nH]c1=O. The Hall–Kier alpha value is -1.07. The minimum atomic E-state index is -5.76. The van der Waals surface area contributed by atoms with Crippen molar-refractivity contribution in [3.63, 3.8) is 0 Å². The van der Waals surface area contributed by atoms with Crippen LogP contribution in [0, 0.1) is 6.92 Å². The van der Waals surface area contributed by atoms with Crippen LogP contribution in [0.4, 0.5) is 0 Å². The summed E-state index contributed by atoms with van der Waals surface area (Å²) in [4.78, 5) is 65.0. The van der Waals surface area contributed by atoms with Crippen LogP contribution in [0.1, 0.15) is 12.0 Å². The quantitative estimate of drug-likeness (QED) is 0.111. The molecule has 2 heterocycles. The Balaban J connectivity index is 2.16. The largest absolute Gasteiger partial charge is 0.490 e. The Morgan fingerprint density at radius 1 is 1.19 bits per heavy atom. The first-order chi connectivity index (χ1) is 14.0. The Morgan fingerprint density at radius 2 is 1.81 bits per heavy atom. The number of aliphatic hydroxyl groups is 1. The van der Waals surface area contributed by atoms with E-state index in [0.717, 1.165) is 6.20 Å². The van der Waals surface area contributed by atoms with Crippen LogP contribution in [-0.2, 0) is 42.4 Å². The molecule has 0 spiro atoms. The molecule has 1 aromatic heterocycles. The van der Waals surface area contributed by atoms with E-state index in [9.17, 15) is 38.5 Å². The van der Waals surface area contributed by atoms with Crippen molar-refractivity contribution in [2.45, 2.75) is 31.5 Å². The van der Waals surface area contributed by atoms with E-state index in [1.165, 1.54) is 6.92 Å². The Morgan fingerprint density at radius 3 is 2.35 bits per heavy atom. The molecule has 5 atom stereocenters. The zero-order valence-corrected chi connectivity index (χ0v) is 17.9. The molecule has 31 heavy (non-hydrogen) atoms. The van der Waals surface area contributed by atoms with Gasteiger partial charge in [0.1, 0.15) is 6.10 Å². The van der Waals surface area contributed by atoms with E-state index in [1.807, 2.05) is 4.98 Å². The molecule has 0 saturated carbocycles. The average Bonchev–Trinajstić information content (AvgIpc) is 2.90. The van der Waals surface area contributed by atoms with Crippen molar-refractivity contribution in [3.8, 4) is 0 Å². The summed E-state index contributed by atoms with van der Waals surface area (Å²) >= 11 is 0. The summed E-state index contributed by atoms with van der Waals surface area (Å²) in [6.07, 6.45) is -2.96. The molecule has 18 nitrogen and oxygen atoms in total. The first-order valence-electron chi connectivity index (χ1n) is 7.79. The maximum Gasteiger partial charge on any atom is 0.490 e. The van der Waals surface area contributed by atoms with Gasteiger partial charge in [-0.1, -0.05) is 0 Å². The van der Waals surface area contributed by atoms with Crippen molar-refractivity contribution in [1.82, 2.24) is 9.55 Å². The fourth-order valence-corrected chi connectivity index (χ4v) is 5.48. The maximum absolute atomic E-state index is 12.0. The van der Waals surface area contributed by atoms with E-state index < -0.39 is 65.9 Å². The normalized spacial score (nSPS) is 28.2. The standard InChI is InChI=1S/C10H17N2O16P3/c1-5-3-12(9(15)11-8(5)14)10(26-16)2-6(13)7(25-10)4-24-30(20,21)28-31(22,23)27-29(17,18)19/h3,6-7,13,16H,2,4H2,1H3,(H,20,21)(H,22,23)(H,11,14,15)(H2,17,18,19)/t6-,7+,10-/m0/s1. The number of aromatic amines is 1. The number of aliphatic hydroxyl groups excluding tert-OH is 1. The van der Waals surface area contributed by atoms with E-state index in [1.54, 1.807) is 0 Å². The second-order valence-corrected chi connectivity index (χ2v) is 10.5. The van der Waals surface area contributed by atoms with E-state index in [4.69, 9.17) is 19.4 Å². The molecule has 1 fully saturated rings. The third kappa shape index (κ3) is 6.71. The highest BCUT2D eigenvalue weighted by atomic mass is 31.3. The number of ether oxygens (including phenoxy) is 1. The molecule has 7 N–H and O–H groups in total. The number of hydrogen-bond acceptors (Lipinski definition) is 12. The summed E-state index contributed by atoms with van der Waals surface area (Å²) in [6.45, 7) is 0.227. The van der Waals surface area contributed by atoms with E-state index in [0.29, 0.717) is 4.57 Å². The summed E-state index contributed by atoms with van der Waals surface area (Å²) < 4.78 is 50.8. The van der Waals surface area contributed by atoms with Gasteiger partial charge < -0.3 is 29.4 Å². The molecule has 178 valence electrons. The Labute approximate surface area is 170 Å². The number of aromatic nitrogens is 2. The molecule has 1 aliphatic rings. The predicted octanol–water partition coefficient (Wildman–Crippen LogP) is -1.56. The number of aryl methyl sites for hydroxylation is 1. The first-order valence-corrected chi connectivity index (χ1v) is 12.3. The second kappa shape index (κ2) is 9.05. The van der Waals surface area contributed by atoms with Crippen LogP contribution in [0.3, 0.4) is 0 Å². The zero-order valence-electron chi connectivity index (χ0n) is 15.2. The molecule has 2 rings (SSSR count). The molecule has 1 saturated heterocycles. The van der Waals surface area contributed by atoms with Gasteiger partial charge in [0.25, 0.3) is 11.5 Å². The number of phosphoric ester groups is 1. The third-order valence-electron chi connectivity index (χ3n) is 3.68. The Kier molecular flexibility index (Phi) is 7.65. The molecule has 0 bridgehead atoms. The summed E-state index contributed by atoms with van der Waals surface area (Å²) in [6, 6.07) is 0. The van der Waals surface area contributed by atoms with Crippen LogP contribution in [0.15, 0.2) is 15.8 Å². The van der Waals surface area contributed by atoms with E-state index in [2.05, 4.69) is 18.0 Å². The first kappa shape index (κ1) is 26.2. The van der Waals surface area contributed by atoms with Gasteiger partial charge in [-0.3, -0.25) is 14.3 Å². The van der Waals surface area contributed by atoms with Crippen LogP contribution in [0.2, 0.25) is 0 Å². The fourth-order valence-electron chi connectivity index (χ4n) is 2.45. The van der Waals surface area contributed by atoms with Gasteiger partial charge in [0.05, 0.1) is 19.1 Å². The van der Waals surface area contributed by atoms with Crippen molar-refractivity contribution < 1.29 is 66.4 Å². The smallest absolute Gasteiger partial charge is 0.390 e. The minimum Gasteiger partial charge on any atom is -0.390 e. The second-order valence-electron chi connectivity index (χ2n) is 6.06. The molecule has 21 heteroatoms. The average molecular weight is 514 g/mol. The molecule has 0 aliphatic carbocycles. The minimum absolute atomic E-state index is 0.00849. The van der Waals surface area contributed by atoms with Crippen LogP contribution in [-0.4, -0.2) is 58.3 Å². The monoisotopic (exact) mass is 514 g/mol. The van der Waals surface area contributed by atoms with Crippen molar-refractivity contribution in [3.05, 3.63) is 32.6 Å². The lowest BCUT2D eigenvalue weighted by Crippen LogP contribution is -2.46. The number of nitrogens with zero attached hydrogens (tertiary/aromatic N) is 1. The highest BCUT2D eigenvalue weighted by Crippen LogP contribution is 2.66. The zero-order chi connectivity index (χ0) is 23.8. The van der Waals surface area contributed by atoms with E-state index in [-0.39, 0.29) is 5.56 Å². The van der Waals surface area contributed by atoms with Crippen LogP contribution >= 0.6 is 23.5 Å². The topological polar surface area (TPSA) is 274 Å². The molecule has 2 unspecified atom stereocenters. The summed E-state index contributed by atoms with van der Waals surface area (Å²) in [5, 5.41) is 19.3. The van der Waals surface area contributed by atoms with Crippen molar-refractivity contribution >= 4 is 23.5 Å². The van der Waals surface area contributed by atoms with Crippen molar-refractivity contribution in [1.29, 1.82) is 0 Å².